The van der Waals surface area contributed by atoms with Gasteiger partial charge in [-0.05, 0) is 24.3 Å². The van der Waals surface area contributed by atoms with E-state index in [0.717, 1.165) is 24.8 Å². The van der Waals surface area contributed by atoms with E-state index in [4.69, 9.17) is 4.74 Å². The Morgan fingerprint density at radius 2 is 1.88 bits per heavy atom. The lowest BCUT2D eigenvalue weighted by molar-refractivity contribution is -0.151. The highest BCUT2D eigenvalue weighted by atomic mass is 16.5. The van der Waals surface area contributed by atoms with E-state index in [-0.39, 0.29) is 12.0 Å². The first-order valence-corrected chi connectivity index (χ1v) is 8.33. The molecule has 2 atom stereocenters. The van der Waals surface area contributed by atoms with E-state index in [1.807, 2.05) is 44.2 Å². The summed E-state index contributed by atoms with van der Waals surface area (Å²) in [6.07, 6.45) is 2.68. The highest BCUT2D eigenvalue weighted by Gasteiger charge is 2.28. The zero-order valence-corrected chi connectivity index (χ0v) is 14.1. The fourth-order valence-electron chi connectivity index (χ4n) is 2.43. The summed E-state index contributed by atoms with van der Waals surface area (Å²) in [6.45, 7) is 3.52. The summed E-state index contributed by atoms with van der Waals surface area (Å²) in [5.74, 6) is -1.42. The zero-order chi connectivity index (χ0) is 17.5. The number of urea groups is 1. The monoisotopic (exact) mass is 332 g/mol. The Hall–Kier alpha value is -2.37. The normalized spacial score (nSPS) is 15.9. The van der Waals surface area contributed by atoms with Gasteiger partial charge in [-0.25, -0.2) is 4.79 Å². The first kappa shape index (κ1) is 18.0. The second-order valence-corrected chi connectivity index (χ2v) is 6.18. The van der Waals surface area contributed by atoms with Crippen LogP contribution in [0.15, 0.2) is 30.3 Å². The van der Waals surface area contributed by atoms with Crippen molar-refractivity contribution >= 4 is 17.9 Å². The van der Waals surface area contributed by atoms with Gasteiger partial charge in [-0.1, -0.05) is 50.6 Å². The molecular weight excluding hydrogens is 308 g/mol. The zero-order valence-electron chi connectivity index (χ0n) is 14.1. The predicted octanol–water partition coefficient (Wildman–Crippen LogP) is 2.35. The first-order chi connectivity index (χ1) is 11.5. The topological polar surface area (TPSA) is 84.5 Å². The van der Waals surface area contributed by atoms with Crippen molar-refractivity contribution in [3.63, 3.8) is 0 Å². The molecule has 0 heterocycles. The summed E-state index contributed by atoms with van der Waals surface area (Å²) in [5.41, 5.74) is 0.865. The van der Waals surface area contributed by atoms with Gasteiger partial charge in [0.15, 0.2) is 6.61 Å². The smallest absolute Gasteiger partial charge is 0.321 e. The Bertz CT molecular complexity index is 584. The number of hydrogen-bond donors (Lipinski definition) is 2. The van der Waals surface area contributed by atoms with Crippen LogP contribution in [0, 0.1) is 5.92 Å². The highest BCUT2D eigenvalue weighted by molar-refractivity contribution is 5.96. The van der Waals surface area contributed by atoms with E-state index >= 15 is 0 Å². The van der Waals surface area contributed by atoms with Crippen molar-refractivity contribution in [3.05, 3.63) is 35.9 Å². The third-order valence-electron chi connectivity index (χ3n) is 4.14. The van der Waals surface area contributed by atoms with Crippen LogP contribution in [0.3, 0.4) is 0 Å². The van der Waals surface area contributed by atoms with E-state index in [2.05, 4.69) is 10.6 Å². The minimum absolute atomic E-state index is 0.0844. The van der Waals surface area contributed by atoms with E-state index < -0.39 is 30.4 Å². The number of imide groups is 1. The fourth-order valence-corrected chi connectivity index (χ4v) is 2.43. The summed E-state index contributed by atoms with van der Waals surface area (Å²) in [4.78, 5) is 35.6. The van der Waals surface area contributed by atoms with Crippen LogP contribution in [0.25, 0.3) is 0 Å². The van der Waals surface area contributed by atoms with Crippen molar-refractivity contribution in [2.45, 2.75) is 45.1 Å². The van der Waals surface area contributed by atoms with Crippen LogP contribution in [0.1, 0.15) is 44.6 Å². The van der Waals surface area contributed by atoms with Crippen LogP contribution < -0.4 is 10.6 Å². The average Bonchev–Trinajstić information content (AvgIpc) is 3.37. The Labute approximate surface area is 142 Å². The van der Waals surface area contributed by atoms with Gasteiger partial charge in [0.25, 0.3) is 5.91 Å². The third kappa shape index (κ3) is 5.37. The minimum Gasteiger partial charge on any atom is -0.455 e. The van der Waals surface area contributed by atoms with Gasteiger partial charge in [0.1, 0.15) is 0 Å². The molecule has 6 heteroatoms. The van der Waals surface area contributed by atoms with E-state index in [0.29, 0.717) is 0 Å². The molecule has 24 heavy (non-hydrogen) atoms. The molecule has 0 saturated heterocycles. The number of rotatable bonds is 7. The molecule has 6 nitrogen and oxygen atoms in total. The molecule has 1 aromatic rings. The molecule has 0 aromatic heterocycles. The molecule has 2 N–H and O–H groups in total. The van der Waals surface area contributed by atoms with Crippen molar-refractivity contribution < 1.29 is 19.1 Å². The second kappa shape index (κ2) is 8.47. The minimum atomic E-state index is -0.627. The molecule has 130 valence electrons. The van der Waals surface area contributed by atoms with E-state index in [1.54, 1.807) is 0 Å². The molecule has 1 aliphatic rings. The predicted molar refractivity (Wildman–Crippen MR) is 89.3 cm³/mol. The lowest BCUT2D eigenvalue weighted by Crippen LogP contribution is -2.42. The molecule has 0 spiro atoms. The van der Waals surface area contributed by atoms with Crippen LogP contribution in [-0.2, 0) is 14.3 Å². The Morgan fingerprint density at radius 1 is 1.21 bits per heavy atom. The molecule has 0 bridgehead atoms. The Balaban J connectivity index is 1.87. The highest BCUT2D eigenvalue weighted by Crippen LogP contribution is 2.28. The number of carbonyl (C=O) groups is 3. The van der Waals surface area contributed by atoms with Gasteiger partial charge < -0.3 is 10.1 Å². The number of nitrogens with one attached hydrogen (secondary N) is 2. The van der Waals surface area contributed by atoms with Gasteiger partial charge >= 0.3 is 12.0 Å². The lowest BCUT2D eigenvalue weighted by Gasteiger charge is -2.21. The maximum Gasteiger partial charge on any atom is 0.321 e. The first-order valence-electron chi connectivity index (χ1n) is 8.33. The molecule has 2 rings (SSSR count). The van der Waals surface area contributed by atoms with Crippen LogP contribution >= 0.6 is 0 Å². The van der Waals surface area contributed by atoms with Gasteiger partial charge in [0.2, 0.25) is 0 Å². The van der Waals surface area contributed by atoms with Crippen molar-refractivity contribution in [1.29, 1.82) is 0 Å². The Morgan fingerprint density at radius 3 is 2.46 bits per heavy atom. The van der Waals surface area contributed by atoms with Crippen molar-refractivity contribution in [2.24, 2.45) is 5.92 Å². The molecular formula is C18H24N2O4. The number of ether oxygens (including phenoxy) is 1. The lowest BCUT2D eigenvalue weighted by atomic mass is 9.86. The number of amides is 3. The van der Waals surface area contributed by atoms with Crippen molar-refractivity contribution in [1.82, 2.24) is 10.6 Å². The maximum atomic E-state index is 12.4. The van der Waals surface area contributed by atoms with Crippen LogP contribution in [0.2, 0.25) is 0 Å². The van der Waals surface area contributed by atoms with Crippen LogP contribution in [0.4, 0.5) is 4.79 Å². The van der Waals surface area contributed by atoms with E-state index in [9.17, 15) is 14.4 Å². The molecule has 1 saturated carbocycles. The van der Waals surface area contributed by atoms with Crippen LogP contribution in [0.5, 0.6) is 0 Å². The van der Waals surface area contributed by atoms with Gasteiger partial charge in [-0.15, -0.1) is 0 Å². The average molecular weight is 332 g/mol. The van der Waals surface area contributed by atoms with Gasteiger partial charge in [-0.3, -0.25) is 14.9 Å². The summed E-state index contributed by atoms with van der Waals surface area (Å²) in [6, 6.07) is 8.99. The summed E-state index contributed by atoms with van der Waals surface area (Å²) >= 11 is 0. The SMILES string of the molecule is CC[C@H](C)[C@H](C(=O)OCC(=O)NC(=O)NC1CC1)c1ccccc1. The van der Waals surface area contributed by atoms with E-state index in [1.165, 1.54) is 0 Å². The summed E-state index contributed by atoms with van der Waals surface area (Å²) < 4.78 is 5.13. The number of carbonyl (C=O) groups excluding carboxylic acids is 3. The van der Waals surface area contributed by atoms with Crippen LogP contribution in [-0.4, -0.2) is 30.6 Å². The molecule has 1 aliphatic carbocycles. The standard InChI is InChI=1S/C18H24N2O4/c1-3-12(2)16(13-7-5-4-6-8-13)17(22)24-11-15(21)20-18(23)19-14-9-10-14/h4-8,12,14,16H,3,9-11H2,1-2H3,(H2,19,20,21,23)/t12-,16-/m0/s1. The largest absolute Gasteiger partial charge is 0.455 e. The maximum absolute atomic E-state index is 12.4. The van der Waals surface area contributed by atoms with Gasteiger partial charge in [0.05, 0.1) is 5.92 Å². The third-order valence-corrected chi connectivity index (χ3v) is 4.14. The molecule has 0 unspecified atom stereocenters. The Kier molecular flexibility index (Phi) is 6.35. The van der Waals surface area contributed by atoms with Gasteiger partial charge in [-0.2, -0.15) is 0 Å². The number of hydrogen-bond acceptors (Lipinski definition) is 4. The molecule has 0 aliphatic heterocycles. The van der Waals surface area contributed by atoms with Crippen molar-refractivity contribution in [2.75, 3.05) is 6.61 Å². The van der Waals surface area contributed by atoms with Crippen molar-refractivity contribution in [3.8, 4) is 0 Å². The number of benzene rings is 1. The molecule has 0 radical (unpaired) electrons. The quantitative estimate of drug-likeness (QED) is 0.751. The molecule has 3 amide bonds. The fraction of sp³-hybridized carbons (Fsp3) is 0.500. The number of esters is 1. The van der Waals surface area contributed by atoms with Gasteiger partial charge in [0, 0.05) is 6.04 Å². The second-order valence-electron chi connectivity index (χ2n) is 6.18. The summed E-state index contributed by atoms with van der Waals surface area (Å²) in [5, 5.41) is 4.80. The molecule has 1 aromatic carbocycles. The summed E-state index contributed by atoms with van der Waals surface area (Å²) in [7, 11) is 0. The molecule has 1 fully saturated rings.